The second-order valence-electron chi connectivity index (χ2n) is 8.70. The average molecular weight is 478 g/mol. The van der Waals surface area contributed by atoms with Gasteiger partial charge in [-0.2, -0.15) is 0 Å². The normalized spacial score (nSPS) is 19.0. The first kappa shape index (κ1) is 22.5. The Hall–Kier alpha value is -3.26. The summed E-state index contributed by atoms with van der Waals surface area (Å²) >= 11 is 1.28. The Kier molecular flexibility index (Phi) is 6.58. The molecule has 7 nitrogen and oxygen atoms in total. The van der Waals surface area contributed by atoms with Crippen LogP contribution in [0, 0.1) is 6.92 Å². The molecule has 2 amide bonds. The number of nitrogens with zero attached hydrogens (tertiary/aromatic N) is 2. The highest BCUT2D eigenvalue weighted by molar-refractivity contribution is 8.14. The lowest BCUT2D eigenvalue weighted by molar-refractivity contribution is -0.119. The molecule has 8 heteroatoms. The molecule has 1 fully saturated rings. The number of hydrogen-bond donors (Lipinski definition) is 1. The van der Waals surface area contributed by atoms with Crippen molar-refractivity contribution in [2.45, 2.75) is 45.1 Å². The van der Waals surface area contributed by atoms with Gasteiger partial charge in [0.25, 0.3) is 5.91 Å². The number of amidine groups is 1. The van der Waals surface area contributed by atoms with Crippen LogP contribution in [0.3, 0.4) is 0 Å². The van der Waals surface area contributed by atoms with Gasteiger partial charge in [-0.25, -0.2) is 4.99 Å². The molecule has 5 rings (SSSR count). The van der Waals surface area contributed by atoms with Gasteiger partial charge in [-0.15, -0.1) is 0 Å². The van der Waals surface area contributed by atoms with Crippen LogP contribution in [0.4, 0.5) is 5.69 Å². The standard InChI is InChI=1S/C26H27N3O4S/c1-17-7-10-20(11-8-17)29-25(31)21(13-18-9-12-22-23(14-18)33-16-32-22)28-26(29)34-15-24(30)27-19-5-3-2-4-6-19/h7-14,19H,2-6,15-16H2,1H3,(H,27,30). The Morgan fingerprint density at radius 3 is 2.68 bits per heavy atom. The zero-order valence-electron chi connectivity index (χ0n) is 19.1. The fraction of sp³-hybridized carbons (Fsp3) is 0.346. The summed E-state index contributed by atoms with van der Waals surface area (Å²) in [6.45, 7) is 2.19. The number of aryl methyl sites for hydroxylation is 1. The third-order valence-corrected chi connectivity index (χ3v) is 7.06. The molecule has 0 spiro atoms. The Labute approximate surface area is 203 Å². The minimum Gasteiger partial charge on any atom is -0.454 e. The maximum absolute atomic E-state index is 13.4. The molecule has 2 aromatic carbocycles. The number of anilines is 1. The van der Waals surface area contributed by atoms with Crippen LogP contribution in [0.5, 0.6) is 11.5 Å². The van der Waals surface area contributed by atoms with E-state index >= 15 is 0 Å². The van der Waals surface area contributed by atoms with Crippen molar-refractivity contribution in [1.82, 2.24) is 5.32 Å². The summed E-state index contributed by atoms with van der Waals surface area (Å²) < 4.78 is 10.8. The summed E-state index contributed by atoms with van der Waals surface area (Å²) in [6, 6.07) is 13.5. The molecule has 1 aliphatic carbocycles. The molecule has 3 aliphatic rings. The molecule has 1 saturated carbocycles. The molecule has 34 heavy (non-hydrogen) atoms. The molecule has 2 aromatic rings. The number of nitrogens with one attached hydrogen (secondary N) is 1. The molecule has 0 unspecified atom stereocenters. The van der Waals surface area contributed by atoms with Gasteiger partial charge in [-0.05, 0) is 55.7 Å². The SMILES string of the molecule is Cc1ccc(N2C(=O)C(=Cc3ccc4c(c3)OCO4)N=C2SCC(=O)NC2CCCCC2)cc1. The Bertz CT molecular complexity index is 1150. The van der Waals surface area contributed by atoms with E-state index in [0.29, 0.717) is 22.4 Å². The molecular formula is C26H27N3O4S. The topological polar surface area (TPSA) is 80.2 Å². The maximum atomic E-state index is 13.4. The fourth-order valence-electron chi connectivity index (χ4n) is 4.32. The van der Waals surface area contributed by atoms with Crippen molar-refractivity contribution in [2.24, 2.45) is 4.99 Å². The van der Waals surface area contributed by atoms with Gasteiger partial charge < -0.3 is 14.8 Å². The fourth-order valence-corrected chi connectivity index (χ4v) is 5.15. The van der Waals surface area contributed by atoms with Crippen molar-refractivity contribution < 1.29 is 19.1 Å². The second kappa shape index (κ2) is 9.93. The largest absolute Gasteiger partial charge is 0.454 e. The minimum absolute atomic E-state index is 0.0240. The average Bonchev–Trinajstić information content (AvgIpc) is 3.43. The van der Waals surface area contributed by atoms with Gasteiger partial charge in [-0.1, -0.05) is 54.8 Å². The van der Waals surface area contributed by atoms with E-state index in [4.69, 9.17) is 9.47 Å². The summed E-state index contributed by atoms with van der Waals surface area (Å²) in [4.78, 5) is 32.2. The number of ether oxygens (including phenoxy) is 2. The molecule has 1 N–H and O–H groups in total. The predicted octanol–water partition coefficient (Wildman–Crippen LogP) is 4.65. The zero-order valence-corrected chi connectivity index (χ0v) is 19.9. The van der Waals surface area contributed by atoms with E-state index < -0.39 is 0 Å². The van der Waals surface area contributed by atoms with E-state index in [1.165, 1.54) is 18.2 Å². The van der Waals surface area contributed by atoms with Gasteiger partial charge in [0.1, 0.15) is 5.70 Å². The molecular weight excluding hydrogens is 450 g/mol. The van der Waals surface area contributed by atoms with Crippen LogP contribution in [-0.2, 0) is 9.59 Å². The quantitative estimate of drug-likeness (QED) is 0.634. The molecule has 0 bridgehead atoms. The van der Waals surface area contributed by atoms with Gasteiger partial charge in [0, 0.05) is 6.04 Å². The number of amides is 2. The third-order valence-electron chi connectivity index (χ3n) is 6.12. The van der Waals surface area contributed by atoms with Crippen LogP contribution in [0.15, 0.2) is 53.2 Å². The number of fused-ring (bicyclic) bond motifs is 1. The molecule has 2 heterocycles. The van der Waals surface area contributed by atoms with Gasteiger partial charge in [0.2, 0.25) is 12.7 Å². The number of carbonyl (C=O) groups is 2. The molecule has 0 atom stereocenters. The number of rotatable bonds is 5. The summed E-state index contributed by atoms with van der Waals surface area (Å²) in [5.74, 6) is 1.29. The van der Waals surface area contributed by atoms with Crippen molar-refractivity contribution in [3.05, 3.63) is 59.3 Å². The van der Waals surface area contributed by atoms with Crippen molar-refractivity contribution in [1.29, 1.82) is 0 Å². The number of benzene rings is 2. The van der Waals surface area contributed by atoms with Gasteiger partial charge in [0.05, 0.1) is 11.4 Å². The van der Waals surface area contributed by atoms with E-state index in [1.54, 1.807) is 11.0 Å². The predicted molar refractivity (Wildman–Crippen MR) is 134 cm³/mol. The third kappa shape index (κ3) is 4.97. The Balaban J connectivity index is 1.36. The number of aliphatic imine (C=N–C) groups is 1. The van der Waals surface area contributed by atoms with E-state index in [9.17, 15) is 9.59 Å². The Morgan fingerprint density at radius 2 is 1.88 bits per heavy atom. The number of thioether (sulfide) groups is 1. The van der Waals surface area contributed by atoms with Crippen molar-refractivity contribution >= 4 is 40.5 Å². The summed E-state index contributed by atoms with van der Waals surface area (Å²) in [7, 11) is 0. The smallest absolute Gasteiger partial charge is 0.283 e. The molecule has 0 saturated heterocycles. The second-order valence-corrected chi connectivity index (χ2v) is 9.65. The number of carbonyl (C=O) groups excluding carboxylic acids is 2. The van der Waals surface area contributed by atoms with Crippen LogP contribution in [-0.4, -0.2) is 35.6 Å². The lowest BCUT2D eigenvalue weighted by atomic mass is 9.95. The summed E-state index contributed by atoms with van der Waals surface area (Å²) in [5.41, 5.74) is 2.93. The van der Waals surface area contributed by atoms with Crippen LogP contribution in [0.25, 0.3) is 6.08 Å². The highest BCUT2D eigenvalue weighted by atomic mass is 32.2. The van der Waals surface area contributed by atoms with E-state index in [2.05, 4.69) is 10.3 Å². The van der Waals surface area contributed by atoms with Crippen LogP contribution >= 0.6 is 11.8 Å². The minimum atomic E-state index is -0.225. The van der Waals surface area contributed by atoms with Crippen LogP contribution in [0.1, 0.15) is 43.2 Å². The van der Waals surface area contributed by atoms with Gasteiger partial charge in [-0.3, -0.25) is 14.5 Å². The molecule has 0 aromatic heterocycles. The monoisotopic (exact) mass is 477 g/mol. The van der Waals surface area contributed by atoms with E-state index in [0.717, 1.165) is 42.5 Å². The summed E-state index contributed by atoms with van der Waals surface area (Å²) in [6.07, 6.45) is 7.37. The van der Waals surface area contributed by atoms with Crippen molar-refractivity contribution in [3.63, 3.8) is 0 Å². The number of hydrogen-bond acceptors (Lipinski definition) is 6. The highest BCUT2D eigenvalue weighted by Gasteiger charge is 2.32. The first-order chi connectivity index (χ1) is 16.6. The van der Waals surface area contributed by atoms with Crippen LogP contribution < -0.4 is 19.7 Å². The highest BCUT2D eigenvalue weighted by Crippen LogP contribution is 2.34. The van der Waals surface area contributed by atoms with Gasteiger partial charge in [0.15, 0.2) is 16.7 Å². The Morgan fingerprint density at radius 1 is 1.12 bits per heavy atom. The lowest BCUT2D eigenvalue weighted by Crippen LogP contribution is -2.38. The first-order valence-corrected chi connectivity index (χ1v) is 12.6. The lowest BCUT2D eigenvalue weighted by Gasteiger charge is -2.23. The first-order valence-electron chi connectivity index (χ1n) is 11.6. The van der Waals surface area contributed by atoms with Crippen molar-refractivity contribution in [2.75, 3.05) is 17.4 Å². The van der Waals surface area contributed by atoms with Gasteiger partial charge >= 0.3 is 0 Å². The summed E-state index contributed by atoms with van der Waals surface area (Å²) in [5, 5.41) is 3.63. The maximum Gasteiger partial charge on any atom is 0.283 e. The molecule has 176 valence electrons. The van der Waals surface area contributed by atoms with Crippen molar-refractivity contribution in [3.8, 4) is 11.5 Å². The van der Waals surface area contributed by atoms with E-state index in [-0.39, 0.29) is 30.4 Å². The zero-order chi connectivity index (χ0) is 23.5. The van der Waals surface area contributed by atoms with E-state index in [1.807, 2.05) is 49.4 Å². The van der Waals surface area contributed by atoms with Crippen LogP contribution in [0.2, 0.25) is 0 Å². The molecule has 0 radical (unpaired) electrons. The molecule has 2 aliphatic heterocycles.